The number of rotatable bonds is 7. The van der Waals surface area contributed by atoms with Gasteiger partial charge in [-0.2, -0.15) is 0 Å². The molecule has 3 rings (SSSR count). The molecule has 0 radical (unpaired) electrons. The Morgan fingerprint density at radius 2 is 1.83 bits per heavy atom. The summed E-state index contributed by atoms with van der Waals surface area (Å²) < 4.78 is 40.0. The van der Waals surface area contributed by atoms with Gasteiger partial charge in [0.1, 0.15) is 5.82 Å². The van der Waals surface area contributed by atoms with E-state index < -0.39 is 21.8 Å². The molecule has 2 aromatic carbocycles. The van der Waals surface area contributed by atoms with Crippen molar-refractivity contribution in [2.75, 3.05) is 5.32 Å². The highest BCUT2D eigenvalue weighted by Gasteiger charge is 2.30. The van der Waals surface area contributed by atoms with Gasteiger partial charge in [-0.05, 0) is 42.7 Å². The van der Waals surface area contributed by atoms with E-state index in [2.05, 4.69) is 15.4 Å². The van der Waals surface area contributed by atoms with Crippen LogP contribution in [0, 0.1) is 5.82 Å². The lowest BCUT2D eigenvalue weighted by molar-refractivity contribution is -0.126. The van der Waals surface area contributed by atoms with Gasteiger partial charge in [0, 0.05) is 24.7 Å². The Morgan fingerprint density at radius 3 is 2.50 bits per heavy atom. The Balaban J connectivity index is 1.62. The van der Waals surface area contributed by atoms with Crippen molar-refractivity contribution in [2.24, 2.45) is 0 Å². The average Bonchev–Trinajstić information content (AvgIpc) is 2.64. The van der Waals surface area contributed by atoms with Crippen LogP contribution in [-0.2, 0) is 31.9 Å². The molecule has 0 unspecified atom stereocenters. The minimum absolute atomic E-state index is 0.00981. The van der Waals surface area contributed by atoms with Crippen LogP contribution in [0.1, 0.15) is 42.9 Å². The number of benzene rings is 2. The first-order valence-corrected chi connectivity index (χ1v) is 11.2. The van der Waals surface area contributed by atoms with Crippen LogP contribution in [0.4, 0.5) is 10.1 Å². The van der Waals surface area contributed by atoms with Gasteiger partial charge in [-0.1, -0.05) is 30.3 Å². The lowest BCUT2D eigenvalue weighted by atomic mass is 9.89. The average molecular weight is 434 g/mol. The lowest BCUT2D eigenvalue weighted by Crippen LogP contribution is -2.34. The van der Waals surface area contributed by atoms with Crippen molar-refractivity contribution in [3.8, 4) is 0 Å². The van der Waals surface area contributed by atoms with E-state index in [1.54, 1.807) is 38.1 Å². The summed E-state index contributed by atoms with van der Waals surface area (Å²) in [5.41, 5.74) is 2.32. The highest BCUT2D eigenvalue weighted by atomic mass is 32.2. The maximum Gasteiger partial charge on any atom is 0.228 e. The molecule has 0 fully saturated rings. The third-order valence-corrected chi connectivity index (χ3v) is 6.18. The minimum atomic E-state index is -3.41. The zero-order chi connectivity index (χ0) is 21.9. The summed E-state index contributed by atoms with van der Waals surface area (Å²) in [6, 6.07) is 10.7. The van der Waals surface area contributed by atoms with E-state index in [1.807, 2.05) is 0 Å². The fourth-order valence-electron chi connectivity index (χ4n) is 3.36. The number of hydrogen-bond acceptors (Lipinski definition) is 4. The first kappa shape index (κ1) is 21.9. The standard InChI is InChI=1S/C21H24FN3O4S/c1-13(2)25-30(28,29)12-15-5-3-14(4-6-15)11-23-21(27)18-10-20(26)24-19-9-16(22)7-8-17(18)19/h3-9,13,18,25H,10-12H2,1-2H3,(H,23,27)(H,24,26)/t18-/m0/s1. The van der Waals surface area contributed by atoms with Gasteiger partial charge < -0.3 is 10.6 Å². The van der Waals surface area contributed by atoms with Gasteiger partial charge in [0.05, 0.1) is 11.7 Å². The van der Waals surface area contributed by atoms with Gasteiger partial charge >= 0.3 is 0 Å². The monoisotopic (exact) mass is 433 g/mol. The molecule has 1 atom stereocenters. The molecule has 1 aliphatic heterocycles. The normalized spacial score (nSPS) is 16.1. The molecule has 1 aliphatic rings. The van der Waals surface area contributed by atoms with Crippen molar-refractivity contribution in [1.82, 2.24) is 10.0 Å². The second-order valence-electron chi connectivity index (χ2n) is 7.60. The van der Waals surface area contributed by atoms with Crippen LogP contribution in [0.3, 0.4) is 0 Å². The quantitative estimate of drug-likeness (QED) is 0.624. The molecule has 0 aromatic heterocycles. The summed E-state index contributed by atoms with van der Waals surface area (Å²) in [6.45, 7) is 3.74. The van der Waals surface area contributed by atoms with Crippen LogP contribution < -0.4 is 15.4 Å². The Labute approximate surface area is 175 Å². The van der Waals surface area contributed by atoms with E-state index >= 15 is 0 Å². The Kier molecular flexibility index (Phi) is 6.52. The number of fused-ring (bicyclic) bond motifs is 1. The zero-order valence-electron chi connectivity index (χ0n) is 16.7. The number of amides is 2. The summed E-state index contributed by atoms with van der Waals surface area (Å²) in [5, 5.41) is 5.38. The SMILES string of the molecule is CC(C)NS(=O)(=O)Cc1ccc(CNC(=O)[C@H]2CC(=O)Nc3cc(F)ccc32)cc1. The molecule has 0 saturated carbocycles. The molecule has 0 saturated heterocycles. The first-order valence-electron chi connectivity index (χ1n) is 9.58. The molecule has 2 amide bonds. The summed E-state index contributed by atoms with van der Waals surface area (Å²) >= 11 is 0. The van der Waals surface area contributed by atoms with Crippen molar-refractivity contribution < 1.29 is 22.4 Å². The number of hydrogen-bond donors (Lipinski definition) is 3. The third kappa shape index (κ3) is 5.64. The van der Waals surface area contributed by atoms with Crippen LogP contribution in [-0.4, -0.2) is 26.3 Å². The van der Waals surface area contributed by atoms with Crippen LogP contribution in [0.2, 0.25) is 0 Å². The van der Waals surface area contributed by atoms with Crippen molar-refractivity contribution >= 4 is 27.5 Å². The van der Waals surface area contributed by atoms with Crippen LogP contribution in [0.5, 0.6) is 0 Å². The van der Waals surface area contributed by atoms with Crippen molar-refractivity contribution in [2.45, 2.75) is 44.5 Å². The number of carbonyl (C=O) groups excluding carboxylic acids is 2. The second kappa shape index (κ2) is 8.93. The first-order chi connectivity index (χ1) is 14.1. The van der Waals surface area contributed by atoms with Gasteiger partial charge in [-0.15, -0.1) is 0 Å². The Hall–Kier alpha value is -2.78. The highest BCUT2D eigenvalue weighted by molar-refractivity contribution is 7.88. The topological polar surface area (TPSA) is 104 Å². The molecule has 1 heterocycles. The molecule has 7 nitrogen and oxygen atoms in total. The molecule has 0 bridgehead atoms. The van der Waals surface area contributed by atoms with E-state index in [9.17, 15) is 22.4 Å². The zero-order valence-corrected chi connectivity index (χ0v) is 17.6. The summed E-state index contributed by atoms with van der Waals surface area (Å²) in [6.07, 6.45) is -0.00981. The van der Waals surface area contributed by atoms with Gasteiger partial charge in [0.15, 0.2) is 0 Å². The smallest absolute Gasteiger partial charge is 0.228 e. The lowest BCUT2D eigenvalue weighted by Gasteiger charge is -2.25. The molecular weight excluding hydrogens is 409 g/mol. The summed E-state index contributed by atoms with van der Waals surface area (Å²) in [4.78, 5) is 24.5. The fraction of sp³-hybridized carbons (Fsp3) is 0.333. The molecule has 3 N–H and O–H groups in total. The van der Waals surface area contributed by atoms with Crippen molar-refractivity contribution in [1.29, 1.82) is 0 Å². The minimum Gasteiger partial charge on any atom is -0.351 e. The van der Waals surface area contributed by atoms with E-state index in [0.29, 0.717) is 16.8 Å². The molecule has 0 aliphatic carbocycles. The Bertz CT molecular complexity index is 1050. The predicted octanol–water partition coefficient (Wildman–Crippen LogP) is 2.40. The maximum absolute atomic E-state index is 13.4. The molecule has 30 heavy (non-hydrogen) atoms. The number of carbonyl (C=O) groups is 2. The number of sulfonamides is 1. The van der Waals surface area contributed by atoms with E-state index in [1.165, 1.54) is 18.2 Å². The predicted molar refractivity (Wildman–Crippen MR) is 112 cm³/mol. The molecule has 0 spiro atoms. The number of nitrogens with one attached hydrogen (secondary N) is 3. The highest BCUT2D eigenvalue weighted by Crippen LogP contribution is 2.32. The van der Waals surface area contributed by atoms with Crippen LogP contribution in [0.15, 0.2) is 42.5 Å². The van der Waals surface area contributed by atoms with E-state index in [4.69, 9.17) is 0 Å². The van der Waals surface area contributed by atoms with E-state index in [-0.39, 0.29) is 36.6 Å². The molecule has 2 aromatic rings. The van der Waals surface area contributed by atoms with Gasteiger partial charge in [-0.25, -0.2) is 17.5 Å². The summed E-state index contributed by atoms with van der Waals surface area (Å²) in [5.74, 6) is -1.97. The van der Waals surface area contributed by atoms with Crippen molar-refractivity contribution in [3.63, 3.8) is 0 Å². The number of anilines is 1. The van der Waals surface area contributed by atoms with Crippen LogP contribution in [0.25, 0.3) is 0 Å². The number of halogens is 1. The van der Waals surface area contributed by atoms with E-state index in [0.717, 1.165) is 5.56 Å². The van der Waals surface area contributed by atoms with Gasteiger partial charge in [-0.3, -0.25) is 9.59 Å². The molecule has 9 heteroatoms. The third-order valence-electron chi connectivity index (χ3n) is 4.63. The Morgan fingerprint density at radius 1 is 1.17 bits per heavy atom. The maximum atomic E-state index is 13.4. The van der Waals surface area contributed by atoms with Crippen LogP contribution >= 0.6 is 0 Å². The summed E-state index contributed by atoms with van der Waals surface area (Å²) in [7, 11) is -3.41. The molecular formula is C21H24FN3O4S. The van der Waals surface area contributed by atoms with Gasteiger partial charge in [0.25, 0.3) is 0 Å². The van der Waals surface area contributed by atoms with Crippen molar-refractivity contribution in [3.05, 3.63) is 65.0 Å². The van der Waals surface area contributed by atoms with Gasteiger partial charge in [0.2, 0.25) is 21.8 Å². The largest absolute Gasteiger partial charge is 0.351 e. The molecule has 160 valence electrons. The fourth-order valence-corrected chi connectivity index (χ4v) is 4.79. The second-order valence-corrected chi connectivity index (χ2v) is 9.36.